The molecule has 1 saturated carbocycles. The zero-order valence-electron chi connectivity index (χ0n) is 11.3. The van der Waals surface area contributed by atoms with E-state index >= 15 is 0 Å². The second kappa shape index (κ2) is 5.29. The van der Waals surface area contributed by atoms with E-state index < -0.39 is 0 Å². The average molecular weight is 290 g/mol. The molecule has 0 saturated heterocycles. The van der Waals surface area contributed by atoms with Crippen LogP contribution in [0.15, 0.2) is 41.3 Å². The Morgan fingerprint density at radius 1 is 1.35 bits per heavy atom. The van der Waals surface area contributed by atoms with Gasteiger partial charge in [-0.15, -0.1) is 0 Å². The third-order valence-electron chi connectivity index (χ3n) is 3.54. The topological polar surface area (TPSA) is 38.1 Å². The standard InChI is InChI=1S/C15H16ClN3O/c1-18(10-11-7-8-11)13-9-17-19(15(20)14(13)16)12-5-3-2-4-6-12/h2-6,9,11H,7-8,10H2,1H3. The number of hydrogen-bond donors (Lipinski definition) is 0. The lowest BCUT2D eigenvalue weighted by Gasteiger charge is -2.20. The van der Waals surface area contributed by atoms with Crippen molar-refractivity contribution in [2.45, 2.75) is 12.8 Å². The summed E-state index contributed by atoms with van der Waals surface area (Å²) in [5.41, 5.74) is 1.14. The molecule has 1 aromatic carbocycles. The van der Waals surface area contributed by atoms with Crippen LogP contribution in [0.3, 0.4) is 0 Å². The number of halogens is 1. The Morgan fingerprint density at radius 2 is 2.05 bits per heavy atom. The second-order valence-electron chi connectivity index (χ2n) is 5.22. The van der Waals surface area contributed by atoms with Gasteiger partial charge in [0, 0.05) is 13.6 Å². The fourth-order valence-electron chi connectivity index (χ4n) is 2.23. The van der Waals surface area contributed by atoms with Crippen molar-refractivity contribution in [3.8, 4) is 5.69 Å². The number of anilines is 1. The first kappa shape index (κ1) is 13.2. The average Bonchev–Trinajstić information content (AvgIpc) is 3.26. The smallest absolute Gasteiger partial charge is 0.292 e. The fraction of sp³-hybridized carbons (Fsp3) is 0.333. The van der Waals surface area contributed by atoms with E-state index in [2.05, 4.69) is 5.10 Å². The van der Waals surface area contributed by atoms with E-state index in [1.165, 1.54) is 17.5 Å². The van der Waals surface area contributed by atoms with E-state index in [4.69, 9.17) is 11.6 Å². The van der Waals surface area contributed by atoms with E-state index in [0.717, 1.165) is 18.2 Å². The van der Waals surface area contributed by atoms with E-state index in [1.807, 2.05) is 42.3 Å². The lowest BCUT2D eigenvalue weighted by Crippen LogP contribution is -2.27. The maximum absolute atomic E-state index is 12.3. The molecule has 0 bridgehead atoms. The van der Waals surface area contributed by atoms with Crippen LogP contribution in [-0.4, -0.2) is 23.4 Å². The molecule has 0 N–H and O–H groups in total. The monoisotopic (exact) mass is 289 g/mol. The maximum atomic E-state index is 12.3. The Kier molecular flexibility index (Phi) is 3.49. The third-order valence-corrected chi connectivity index (χ3v) is 3.90. The molecule has 1 aliphatic rings. The van der Waals surface area contributed by atoms with Gasteiger partial charge in [-0.25, -0.2) is 0 Å². The summed E-state index contributed by atoms with van der Waals surface area (Å²) in [6, 6.07) is 9.29. The van der Waals surface area contributed by atoms with Gasteiger partial charge in [0.05, 0.1) is 17.6 Å². The van der Waals surface area contributed by atoms with E-state index in [9.17, 15) is 4.79 Å². The van der Waals surface area contributed by atoms with Crippen LogP contribution in [0, 0.1) is 5.92 Å². The van der Waals surface area contributed by atoms with Crippen LogP contribution in [0.2, 0.25) is 5.02 Å². The van der Waals surface area contributed by atoms with Gasteiger partial charge in [-0.1, -0.05) is 29.8 Å². The number of hydrogen-bond acceptors (Lipinski definition) is 3. The van der Waals surface area contributed by atoms with E-state index in [0.29, 0.717) is 5.69 Å². The molecule has 0 spiro atoms. The van der Waals surface area contributed by atoms with Gasteiger partial charge in [0.2, 0.25) is 0 Å². The number of aromatic nitrogens is 2. The van der Waals surface area contributed by atoms with Crippen molar-refractivity contribution < 1.29 is 0 Å². The number of para-hydroxylation sites is 1. The largest absolute Gasteiger partial charge is 0.372 e. The van der Waals surface area contributed by atoms with E-state index in [1.54, 1.807) is 6.20 Å². The molecule has 1 aromatic heterocycles. The van der Waals surface area contributed by atoms with Crippen molar-refractivity contribution >= 4 is 17.3 Å². The molecule has 2 aromatic rings. The van der Waals surface area contributed by atoms with Crippen molar-refractivity contribution in [3.05, 3.63) is 51.9 Å². The summed E-state index contributed by atoms with van der Waals surface area (Å²) in [5, 5.41) is 4.46. The Labute approximate surface area is 122 Å². The van der Waals surface area contributed by atoms with Crippen LogP contribution < -0.4 is 10.5 Å². The molecule has 1 aliphatic carbocycles. The van der Waals surface area contributed by atoms with Crippen LogP contribution >= 0.6 is 11.6 Å². The van der Waals surface area contributed by atoms with Crippen LogP contribution in [0.25, 0.3) is 5.69 Å². The second-order valence-corrected chi connectivity index (χ2v) is 5.60. The zero-order valence-corrected chi connectivity index (χ0v) is 12.0. The highest BCUT2D eigenvalue weighted by molar-refractivity contribution is 6.33. The Morgan fingerprint density at radius 3 is 2.70 bits per heavy atom. The van der Waals surface area contributed by atoms with Gasteiger partial charge >= 0.3 is 0 Å². The van der Waals surface area contributed by atoms with Gasteiger partial charge in [0.15, 0.2) is 0 Å². The Bertz CT molecular complexity index is 665. The molecule has 3 rings (SSSR count). The lowest BCUT2D eigenvalue weighted by atomic mass is 10.3. The van der Waals surface area contributed by atoms with Crippen molar-refractivity contribution in [2.24, 2.45) is 5.92 Å². The van der Waals surface area contributed by atoms with Gasteiger partial charge in [0.25, 0.3) is 5.56 Å². The molecule has 0 unspecified atom stereocenters. The van der Waals surface area contributed by atoms with Crippen molar-refractivity contribution in [1.82, 2.24) is 9.78 Å². The first-order valence-corrected chi connectivity index (χ1v) is 7.09. The lowest BCUT2D eigenvalue weighted by molar-refractivity contribution is 0.763. The van der Waals surface area contributed by atoms with Crippen LogP contribution in [0.4, 0.5) is 5.69 Å². The van der Waals surface area contributed by atoms with Gasteiger partial charge in [-0.2, -0.15) is 9.78 Å². The van der Waals surface area contributed by atoms with E-state index in [-0.39, 0.29) is 10.6 Å². The number of nitrogens with zero attached hydrogens (tertiary/aromatic N) is 3. The molecule has 0 radical (unpaired) electrons. The third kappa shape index (κ3) is 2.56. The van der Waals surface area contributed by atoms with Crippen LogP contribution in [0.1, 0.15) is 12.8 Å². The van der Waals surface area contributed by atoms with Crippen molar-refractivity contribution in [2.75, 3.05) is 18.5 Å². The number of benzene rings is 1. The molecule has 5 heteroatoms. The van der Waals surface area contributed by atoms with Crippen molar-refractivity contribution in [3.63, 3.8) is 0 Å². The van der Waals surface area contributed by atoms with Crippen LogP contribution in [0.5, 0.6) is 0 Å². The molecular formula is C15H16ClN3O. The zero-order chi connectivity index (χ0) is 14.1. The highest BCUT2D eigenvalue weighted by Gasteiger charge is 2.24. The highest BCUT2D eigenvalue weighted by atomic mass is 35.5. The first-order chi connectivity index (χ1) is 9.66. The summed E-state index contributed by atoms with van der Waals surface area (Å²) in [6.45, 7) is 0.927. The summed E-state index contributed by atoms with van der Waals surface area (Å²) in [4.78, 5) is 14.4. The summed E-state index contributed by atoms with van der Waals surface area (Å²) < 4.78 is 1.33. The Hall–Kier alpha value is -1.81. The normalized spacial score (nSPS) is 14.3. The summed E-state index contributed by atoms with van der Waals surface area (Å²) >= 11 is 6.23. The molecule has 0 atom stereocenters. The molecule has 1 fully saturated rings. The quantitative estimate of drug-likeness (QED) is 0.869. The SMILES string of the molecule is CN(CC1CC1)c1cnn(-c2ccccc2)c(=O)c1Cl. The minimum atomic E-state index is -0.280. The molecular weight excluding hydrogens is 274 g/mol. The summed E-state index contributed by atoms with van der Waals surface area (Å²) in [5.74, 6) is 0.729. The first-order valence-electron chi connectivity index (χ1n) is 6.71. The predicted octanol–water partition coefficient (Wildman–Crippen LogP) is 2.73. The fourth-order valence-corrected chi connectivity index (χ4v) is 2.50. The van der Waals surface area contributed by atoms with Gasteiger partial charge < -0.3 is 4.90 Å². The minimum absolute atomic E-state index is 0.229. The molecule has 104 valence electrons. The molecule has 0 aliphatic heterocycles. The predicted molar refractivity (Wildman–Crippen MR) is 80.8 cm³/mol. The van der Waals surface area contributed by atoms with Crippen LogP contribution in [-0.2, 0) is 0 Å². The highest BCUT2D eigenvalue weighted by Crippen LogP contribution is 2.31. The summed E-state index contributed by atoms with van der Waals surface area (Å²) in [6.07, 6.45) is 4.19. The molecule has 0 amide bonds. The Balaban J connectivity index is 1.96. The number of rotatable bonds is 4. The summed E-state index contributed by atoms with van der Waals surface area (Å²) in [7, 11) is 1.95. The molecule has 4 nitrogen and oxygen atoms in total. The van der Waals surface area contributed by atoms with Gasteiger partial charge in [-0.05, 0) is 30.9 Å². The van der Waals surface area contributed by atoms with Gasteiger partial charge in [-0.3, -0.25) is 4.79 Å². The van der Waals surface area contributed by atoms with Gasteiger partial charge in [0.1, 0.15) is 5.02 Å². The maximum Gasteiger partial charge on any atom is 0.292 e. The van der Waals surface area contributed by atoms with Crippen molar-refractivity contribution in [1.29, 1.82) is 0 Å². The molecule has 20 heavy (non-hydrogen) atoms. The minimum Gasteiger partial charge on any atom is -0.372 e. The molecule has 1 heterocycles.